The summed E-state index contributed by atoms with van der Waals surface area (Å²) in [5.74, 6) is 0. The van der Waals surface area contributed by atoms with E-state index in [1.807, 2.05) is 60.2 Å². The van der Waals surface area contributed by atoms with E-state index < -0.39 is 22.2 Å². The van der Waals surface area contributed by atoms with Crippen LogP contribution in [0.5, 0.6) is 0 Å². The van der Waals surface area contributed by atoms with Crippen molar-refractivity contribution >= 4 is 16.1 Å². The zero-order chi connectivity index (χ0) is 25.4. The summed E-state index contributed by atoms with van der Waals surface area (Å²) < 4.78 is 36.7. The number of sulfonamides is 1. The van der Waals surface area contributed by atoms with Gasteiger partial charge in [0, 0.05) is 31.5 Å². The average molecular weight is 511 g/mol. The zero-order valence-electron chi connectivity index (χ0n) is 20.6. The summed E-state index contributed by atoms with van der Waals surface area (Å²) in [6.45, 7) is 3.15. The molecule has 192 valence electrons. The van der Waals surface area contributed by atoms with Crippen LogP contribution in [0.2, 0.25) is 0 Å². The first-order valence-corrected chi connectivity index (χ1v) is 13.9. The Morgan fingerprint density at radius 1 is 1.08 bits per heavy atom. The number of hydrogen-bond acceptors (Lipinski definition) is 5. The topological polar surface area (TPSA) is 93.5 Å². The van der Waals surface area contributed by atoms with Crippen molar-refractivity contribution in [1.82, 2.24) is 19.2 Å². The number of piperidine rings is 1. The molecule has 1 aromatic heterocycles. The lowest BCUT2D eigenvalue weighted by molar-refractivity contribution is 0.0853. The highest BCUT2D eigenvalue weighted by Crippen LogP contribution is 2.32. The molecule has 0 bridgehead atoms. The number of nitrogens with one attached hydrogen (secondary N) is 1. The van der Waals surface area contributed by atoms with Crippen molar-refractivity contribution in [3.05, 3.63) is 84.4 Å². The van der Waals surface area contributed by atoms with E-state index in [4.69, 9.17) is 4.74 Å². The van der Waals surface area contributed by atoms with Crippen LogP contribution in [0.1, 0.15) is 36.8 Å². The molecular weight excluding hydrogens is 476 g/mol. The number of alkyl carbamates (subject to hydrolysis) is 1. The molecular formula is C27H34N4O4S. The first-order chi connectivity index (χ1) is 17.4. The van der Waals surface area contributed by atoms with Crippen molar-refractivity contribution in [3.63, 3.8) is 0 Å². The van der Waals surface area contributed by atoms with Gasteiger partial charge in [-0.15, -0.1) is 0 Å². The Morgan fingerprint density at radius 2 is 1.83 bits per heavy atom. The van der Waals surface area contributed by atoms with E-state index in [0.29, 0.717) is 19.4 Å². The molecule has 2 atom stereocenters. The third-order valence-corrected chi connectivity index (χ3v) is 8.55. The fourth-order valence-corrected chi connectivity index (χ4v) is 6.55. The second kappa shape index (κ2) is 12.2. The maximum atomic E-state index is 13.8. The lowest BCUT2D eigenvalue weighted by Gasteiger charge is -2.40. The molecule has 1 fully saturated rings. The van der Waals surface area contributed by atoms with Crippen LogP contribution in [-0.4, -0.2) is 53.6 Å². The molecule has 8 nitrogen and oxygen atoms in total. The molecule has 0 radical (unpaired) electrons. The van der Waals surface area contributed by atoms with Crippen LogP contribution in [0, 0.1) is 6.92 Å². The first-order valence-electron chi connectivity index (χ1n) is 12.4. The van der Waals surface area contributed by atoms with Gasteiger partial charge >= 0.3 is 6.09 Å². The molecule has 1 saturated heterocycles. The predicted octanol–water partition coefficient (Wildman–Crippen LogP) is 4.16. The molecule has 3 aromatic rings. The van der Waals surface area contributed by atoms with Crippen LogP contribution in [0.4, 0.5) is 4.79 Å². The van der Waals surface area contributed by atoms with Crippen LogP contribution < -0.4 is 5.32 Å². The molecule has 4 rings (SSSR count). The third-order valence-electron chi connectivity index (χ3n) is 6.53. The van der Waals surface area contributed by atoms with Crippen molar-refractivity contribution < 1.29 is 17.9 Å². The molecule has 1 aliphatic rings. The predicted molar refractivity (Wildman–Crippen MR) is 138 cm³/mol. The summed E-state index contributed by atoms with van der Waals surface area (Å²) in [5, 5.41) is 2.76. The summed E-state index contributed by atoms with van der Waals surface area (Å²) in [4.78, 5) is 16.6. The number of carbonyl (C=O) groups excluding carboxylic acids is 1. The highest BCUT2D eigenvalue weighted by molar-refractivity contribution is 7.89. The van der Waals surface area contributed by atoms with Gasteiger partial charge in [0.2, 0.25) is 10.0 Å². The van der Waals surface area contributed by atoms with Gasteiger partial charge in [0.15, 0.2) is 0 Å². The quantitative estimate of drug-likeness (QED) is 0.414. The van der Waals surface area contributed by atoms with Gasteiger partial charge in [-0.05, 0) is 50.3 Å². The molecule has 1 aliphatic heterocycles. The number of carbonyl (C=O) groups is 1. The molecule has 2 aromatic carbocycles. The van der Waals surface area contributed by atoms with Gasteiger partial charge in [-0.3, -0.25) is 0 Å². The first kappa shape index (κ1) is 25.9. The number of rotatable bonds is 10. The number of aromatic nitrogens is 2. The maximum Gasteiger partial charge on any atom is 0.407 e. The van der Waals surface area contributed by atoms with Crippen LogP contribution in [0.15, 0.2) is 78.2 Å². The summed E-state index contributed by atoms with van der Waals surface area (Å²) in [6.07, 6.45) is 8.42. The van der Waals surface area contributed by atoms with Gasteiger partial charge < -0.3 is 14.6 Å². The average Bonchev–Trinajstić information content (AvgIpc) is 3.40. The van der Waals surface area contributed by atoms with Crippen LogP contribution >= 0.6 is 0 Å². The fourth-order valence-electron chi connectivity index (χ4n) is 4.70. The lowest BCUT2D eigenvalue weighted by atomic mass is 9.94. The standard InChI is InChI=1S/C27H34N4O4S/c1-22-11-13-26(14-12-22)36(33,34)31-24(19-23-7-3-2-4-8-23)9-5-10-25(31)20-35-27(32)29-15-6-17-30-18-16-28-21-30/h2-4,7-8,11-14,16,18,21,24-25H,5-6,9-10,15,17,19-20H2,1H3,(H,29,32)/t24-,25+/m0/s1. The fraction of sp³-hybridized carbons (Fsp3) is 0.407. The molecule has 0 aliphatic carbocycles. The summed E-state index contributed by atoms with van der Waals surface area (Å²) >= 11 is 0. The van der Waals surface area contributed by atoms with Crippen molar-refractivity contribution in [2.24, 2.45) is 0 Å². The summed E-state index contributed by atoms with van der Waals surface area (Å²) in [6, 6.07) is 16.2. The summed E-state index contributed by atoms with van der Waals surface area (Å²) in [7, 11) is -3.78. The second-order valence-electron chi connectivity index (χ2n) is 9.26. The van der Waals surface area contributed by atoms with Crippen molar-refractivity contribution in [3.8, 4) is 0 Å². The monoisotopic (exact) mass is 510 g/mol. The Morgan fingerprint density at radius 3 is 2.56 bits per heavy atom. The minimum atomic E-state index is -3.78. The van der Waals surface area contributed by atoms with Crippen LogP contribution in [0.3, 0.4) is 0 Å². The van der Waals surface area contributed by atoms with Gasteiger partial charge in [0.1, 0.15) is 6.61 Å². The van der Waals surface area contributed by atoms with Crippen molar-refractivity contribution in [2.75, 3.05) is 13.2 Å². The maximum absolute atomic E-state index is 13.8. The minimum Gasteiger partial charge on any atom is -0.448 e. The molecule has 36 heavy (non-hydrogen) atoms. The molecule has 9 heteroatoms. The number of benzene rings is 2. The van der Waals surface area contributed by atoms with Gasteiger partial charge in [0.05, 0.1) is 17.3 Å². The SMILES string of the molecule is Cc1ccc(S(=O)(=O)N2[C@@H](COC(=O)NCCCn3ccnc3)CCC[C@H]2Cc2ccccc2)cc1. The van der Waals surface area contributed by atoms with Gasteiger partial charge in [0.25, 0.3) is 0 Å². The van der Waals surface area contributed by atoms with Crippen LogP contribution in [-0.2, 0) is 27.7 Å². The van der Waals surface area contributed by atoms with E-state index in [1.54, 1.807) is 29.0 Å². The Labute approximate surface area is 213 Å². The summed E-state index contributed by atoms with van der Waals surface area (Å²) in [5.41, 5.74) is 2.09. The smallest absolute Gasteiger partial charge is 0.407 e. The van der Waals surface area contributed by atoms with E-state index in [1.165, 1.54) is 0 Å². The van der Waals surface area contributed by atoms with E-state index in [9.17, 15) is 13.2 Å². The molecule has 0 saturated carbocycles. The molecule has 2 heterocycles. The molecule has 0 spiro atoms. The van der Waals surface area contributed by atoms with E-state index in [-0.39, 0.29) is 17.5 Å². The van der Waals surface area contributed by atoms with E-state index in [0.717, 1.165) is 36.9 Å². The highest BCUT2D eigenvalue weighted by atomic mass is 32.2. The van der Waals surface area contributed by atoms with Gasteiger partial charge in [-0.25, -0.2) is 18.2 Å². The molecule has 0 unspecified atom stereocenters. The Kier molecular flexibility index (Phi) is 8.77. The van der Waals surface area contributed by atoms with Crippen molar-refractivity contribution in [1.29, 1.82) is 0 Å². The number of ether oxygens (including phenoxy) is 1. The molecule has 1 amide bonds. The number of imidazole rings is 1. The number of nitrogens with zero attached hydrogens (tertiary/aromatic N) is 3. The van der Waals surface area contributed by atoms with Gasteiger partial charge in [-0.1, -0.05) is 54.4 Å². The number of amides is 1. The molecule has 1 N–H and O–H groups in total. The zero-order valence-corrected chi connectivity index (χ0v) is 21.4. The second-order valence-corrected chi connectivity index (χ2v) is 11.1. The largest absolute Gasteiger partial charge is 0.448 e. The normalized spacial score (nSPS) is 18.6. The van der Waals surface area contributed by atoms with Crippen molar-refractivity contribution in [2.45, 2.75) is 62.6 Å². The minimum absolute atomic E-state index is 0.0176. The van der Waals surface area contributed by atoms with Crippen LogP contribution in [0.25, 0.3) is 0 Å². The highest BCUT2D eigenvalue weighted by Gasteiger charge is 2.40. The third kappa shape index (κ3) is 6.73. The lowest BCUT2D eigenvalue weighted by Crippen LogP contribution is -2.53. The van der Waals surface area contributed by atoms with Gasteiger partial charge in [-0.2, -0.15) is 4.31 Å². The number of hydrogen-bond donors (Lipinski definition) is 1. The number of aryl methyl sites for hydroxylation is 2. The Bertz CT molecular complexity index is 1200. The Balaban J connectivity index is 1.44. The van der Waals surface area contributed by atoms with E-state index in [2.05, 4.69) is 10.3 Å². The van der Waals surface area contributed by atoms with E-state index >= 15 is 0 Å². The Hall–Kier alpha value is -3.17.